The Balaban J connectivity index is 2.39. The Kier molecular flexibility index (Phi) is 2.65. The van der Waals surface area contributed by atoms with Gasteiger partial charge in [-0.3, -0.25) is 0 Å². The van der Waals surface area contributed by atoms with Crippen molar-refractivity contribution in [1.82, 2.24) is 0 Å². The van der Waals surface area contributed by atoms with E-state index in [0.717, 1.165) is 17.9 Å². The van der Waals surface area contributed by atoms with Crippen LogP contribution in [0.5, 0.6) is 5.75 Å². The Bertz CT molecular complexity index is 383. The zero-order chi connectivity index (χ0) is 11.1. The Labute approximate surface area is 95.1 Å². The number of hydrogen-bond donors (Lipinski definition) is 0. The van der Waals surface area contributed by atoms with Gasteiger partial charge in [0.1, 0.15) is 11.4 Å². The maximum Gasteiger partial charge on any atom is 0.138 e. The van der Waals surface area contributed by atoms with Crippen molar-refractivity contribution in [3.63, 3.8) is 0 Å². The Hall–Kier alpha value is -0.730. The molecule has 2 rings (SSSR count). The predicted octanol–water partition coefficient (Wildman–Crippen LogP) is 3.29. The Morgan fingerprint density at radius 1 is 1.53 bits per heavy atom. The summed E-state index contributed by atoms with van der Waals surface area (Å²) in [6.45, 7) is 7.49. The monoisotopic (exact) mass is 226 g/mol. The van der Waals surface area contributed by atoms with E-state index in [1.165, 1.54) is 5.56 Å². The highest BCUT2D eigenvalue weighted by molar-refractivity contribution is 6.32. The van der Waals surface area contributed by atoms with E-state index in [2.05, 4.69) is 13.8 Å². The Morgan fingerprint density at radius 2 is 2.20 bits per heavy atom. The van der Waals surface area contributed by atoms with E-state index in [1.54, 1.807) is 0 Å². The van der Waals surface area contributed by atoms with E-state index in [9.17, 15) is 0 Å². The fourth-order valence-corrected chi connectivity index (χ4v) is 1.97. The molecular formula is C12H15ClO2. The molecule has 1 aromatic carbocycles. The van der Waals surface area contributed by atoms with Crippen molar-refractivity contribution >= 4 is 11.6 Å². The third-order valence-electron chi connectivity index (χ3n) is 2.73. The molecule has 1 aliphatic heterocycles. The van der Waals surface area contributed by atoms with Crippen molar-refractivity contribution in [2.45, 2.75) is 26.4 Å². The first-order valence-electron chi connectivity index (χ1n) is 5.14. The molecule has 0 N–H and O–H groups in total. The minimum Gasteiger partial charge on any atom is -0.492 e. The fourth-order valence-electron chi connectivity index (χ4n) is 1.75. The molecule has 0 saturated carbocycles. The van der Waals surface area contributed by atoms with Crippen molar-refractivity contribution < 1.29 is 9.47 Å². The summed E-state index contributed by atoms with van der Waals surface area (Å²) in [6.07, 6.45) is 0. The van der Waals surface area contributed by atoms with Crippen LogP contribution < -0.4 is 4.74 Å². The number of aryl methyl sites for hydroxylation is 1. The second-order valence-corrected chi connectivity index (χ2v) is 4.46. The minimum absolute atomic E-state index is 0.127. The van der Waals surface area contributed by atoms with Crippen LogP contribution in [0.1, 0.15) is 25.0 Å². The lowest BCUT2D eigenvalue weighted by atomic mass is 9.97. The van der Waals surface area contributed by atoms with Crippen LogP contribution in [0.4, 0.5) is 0 Å². The Morgan fingerprint density at radius 3 is 2.73 bits per heavy atom. The molecule has 1 atom stereocenters. The topological polar surface area (TPSA) is 21.8 Å². The van der Waals surface area contributed by atoms with E-state index >= 15 is 0 Å². The van der Waals surface area contributed by atoms with Gasteiger partial charge in [-0.2, -0.15) is 0 Å². The first kappa shape index (κ1) is 10.8. The smallest absolute Gasteiger partial charge is 0.138 e. The zero-order valence-corrected chi connectivity index (χ0v) is 10.0. The molecule has 82 valence electrons. The first-order chi connectivity index (χ1) is 7.07. The number of rotatable bonds is 3. The molecule has 1 heterocycles. The molecule has 1 aromatic rings. The molecular weight excluding hydrogens is 212 g/mol. The third kappa shape index (κ3) is 1.97. The van der Waals surface area contributed by atoms with E-state index in [0.29, 0.717) is 11.6 Å². The highest BCUT2D eigenvalue weighted by atomic mass is 35.5. The van der Waals surface area contributed by atoms with Gasteiger partial charge in [0.2, 0.25) is 0 Å². The molecule has 0 radical (unpaired) electrons. The molecule has 0 aromatic heterocycles. The van der Waals surface area contributed by atoms with Crippen molar-refractivity contribution in [1.29, 1.82) is 0 Å². The molecule has 0 amide bonds. The quantitative estimate of drug-likeness (QED) is 0.738. The van der Waals surface area contributed by atoms with E-state index < -0.39 is 0 Å². The number of ether oxygens (including phenoxy) is 2. The standard InChI is InChI=1S/C12H15ClO2/c1-4-14-11-5-8(2)9(6-10(11)13)12(3)7-15-12/h5-6H,4,7H2,1-3H3. The molecule has 0 bridgehead atoms. The number of halogens is 1. The van der Waals surface area contributed by atoms with Gasteiger partial charge in [0.15, 0.2) is 0 Å². The SMILES string of the molecule is CCOc1cc(C)c(C2(C)CO2)cc1Cl. The summed E-state index contributed by atoms with van der Waals surface area (Å²) in [5.41, 5.74) is 2.21. The van der Waals surface area contributed by atoms with Crippen LogP contribution in [0.3, 0.4) is 0 Å². The van der Waals surface area contributed by atoms with Crippen molar-refractivity contribution in [2.75, 3.05) is 13.2 Å². The van der Waals surface area contributed by atoms with Gasteiger partial charge < -0.3 is 9.47 Å². The maximum atomic E-state index is 6.13. The van der Waals surface area contributed by atoms with Gasteiger partial charge in [0, 0.05) is 0 Å². The lowest BCUT2D eigenvalue weighted by Crippen LogP contribution is -2.05. The van der Waals surface area contributed by atoms with Gasteiger partial charge >= 0.3 is 0 Å². The molecule has 1 fully saturated rings. The second kappa shape index (κ2) is 3.69. The van der Waals surface area contributed by atoms with Gasteiger partial charge in [0.05, 0.1) is 18.2 Å². The van der Waals surface area contributed by atoms with Gasteiger partial charge in [-0.25, -0.2) is 0 Å². The van der Waals surface area contributed by atoms with Gasteiger partial charge in [0.25, 0.3) is 0 Å². The van der Waals surface area contributed by atoms with Crippen LogP contribution in [-0.2, 0) is 10.3 Å². The molecule has 2 nitrogen and oxygen atoms in total. The van der Waals surface area contributed by atoms with Crippen LogP contribution in [0.15, 0.2) is 12.1 Å². The van der Waals surface area contributed by atoms with Gasteiger partial charge in [-0.05, 0) is 44.0 Å². The van der Waals surface area contributed by atoms with Crippen molar-refractivity contribution in [3.8, 4) is 5.75 Å². The molecule has 15 heavy (non-hydrogen) atoms. The zero-order valence-electron chi connectivity index (χ0n) is 9.26. The largest absolute Gasteiger partial charge is 0.492 e. The number of hydrogen-bond acceptors (Lipinski definition) is 2. The maximum absolute atomic E-state index is 6.13. The summed E-state index contributed by atoms with van der Waals surface area (Å²) < 4.78 is 10.9. The van der Waals surface area contributed by atoms with Crippen LogP contribution in [0.2, 0.25) is 5.02 Å². The van der Waals surface area contributed by atoms with E-state index in [1.807, 2.05) is 19.1 Å². The second-order valence-electron chi connectivity index (χ2n) is 4.05. The average Bonchev–Trinajstić information content (AvgIpc) is 2.91. The summed E-state index contributed by atoms with van der Waals surface area (Å²) in [6, 6.07) is 3.93. The summed E-state index contributed by atoms with van der Waals surface area (Å²) in [5, 5.41) is 0.661. The van der Waals surface area contributed by atoms with Gasteiger partial charge in [-0.1, -0.05) is 11.6 Å². The van der Waals surface area contributed by atoms with Crippen LogP contribution >= 0.6 is 11.6 Å². The molecule has 1 unspecified atom stereocenters. The molecule has 1 aliphatic rings. The average molecular weight is 227 g/mol. The van der Waals surface area contributed by atoms with Crippen LogP contribution in [0.25, 0.3) is 0 Å². The van der Waals surface area contributed by atoms with Crippen molar-refractivity contribution in [3.05, 3.63) is 28.3 Å². The fraction of sp³-hybridized carbons (Fsp3) is 0.500. The number of benzene rings is 1. The lowest BCUT2D eigenvalue weighted by Gasteiger charge is -2.13. The highest BCUT2D eigenvalue weighted by Crippen LogP contribution is 2.42. The van der Waals surface area contributed by atoms with Crippen LogP contribution in [0, 0.1) is 6.92 Å². The summed E-state index contributed by atoms with van der Waals surface area (Å²) in [4.78, 5) is 0. The predicted molar refractivity (Wildman–Crippen MR) is 60.7 cm³/mol. The normalized spacial score (nSPS) is 24.0. The number of epoxide rings is 1. The summed E-state index contributed by atoms with van der Waals surface area (Å²) in [7, 11) is 0. The molecule has 3 heteroatoms. The summed E-state index contributed by atoms with van der Waals surface area (Å²) in [5.74, 6) is 0.754. The van der Waals surface area contributed by atoms with E-state index in [4.69, 9.17) is 21.1 Å². The van der Waals surface area contributed by atoms with Gasteiger partial charge in [-0.15, -0.1) is 0 Å². The summed E-state index contributed by atoms with van der Waals surface area (Å²) >= 11 is 6.13. The molecule has 0 aliphatic carbocycles. The van der Waals surface area contributed by atoms with Crippen LogP contribution in [-0.4, -0.2) is 13.2 Å². The highest BCUT2D eigenvalue weighted by Gasteiger charge is 2.42. The lowest BCUT2D eigenvalue weighted by molar-refractivity contribution is 0.326. The minimum atomic E-state index is -0.127. The van der Waals surface area contributed by atoms with Crippen molar-refractivity contribution in [2.24, 2.45) is 0 Å². The van der Waals surface area contributed by atoms with E-state index in [-0.39, 0.29) is 5.60 Å². The molecule has 1 saturated heterocycles. The third-order valence-corrected chi connectivity index (χ3v) is 3.02. The first-order valence-corrected chi connectivity index (χ1v) is 5.52. The molecule has 0 spiro atoms.